The Labute approximate surface area is 118 Å². The quantitative estimate of drug-likeness (QED) is 0.912. The minimum Gasteiger partial charge on any atom is -0.496 e. The van der Waals surface area contributed by atoms with Crippen molar-refractivity contribution in [2.24, 2.45) is 5.73 Å². The van der Waals surface area contributed by atoms with Crippen LogP contribution >= 0.6 is 11.3 Å². The van der Waals surface area contributed by atoms with Crippen LogP contribution in [0.15, 0.2) is 18.2 Å². The number of ether oxygens (including phenoxy) is 1. The highest BCUT2D eigenvalue weighted by atomic mass is 32.1. The van der Waals surface area contributed by atoms with Gasteiger partial charge in [0.2, 0.25) is 0 Å². The molecule has 2 aromatic rings. The normalized spacial score (nSPS) is 10.7. The third kappa shape index (κ3) is 2.96. The van der Waals surface area contributed by atoms with E-state index in [9.17, 15) is 0 Å². The second kappa shape index (κ2) is 6.17. The first-order valence-electron chi connectivity index (χ1n) is 6.53. The van der Waals surface area contributed by atoms with Crippen LogP contribution in [-0.2, 0) is 12.8 Å². The van der Waals surface area contributed by atoms with Crippen molar-refractivity contribution in [2.45, 2.75) is 26.7 Å². The summed E-state index contributed by atoms with van der Waals surface area (Å²) in [6.07, 6.45) is 1.86. The van der Waals surface area contributed by atoms with E-state index < -0.39 is 0 Å². The summed E-state index contributed by atoms with van der Waals surface area (Å²) >= 11 is 1.77. The molecule has 0 fully saturated rings. The van der Waals surface area contributed by atoms with E-state index in [0.717, 1.165) is 35.4 Å². The first-order valence-corrected chi connectivity index (χ1v) is 7.34. The van der Waals surface area contributed by atoms with Gasteiger partial charge in [0.1, 0.15) is 5.75 Å². The fraction of sp³-hybridized carbons (Fsp3) is 0.400. The number of aromatic nitrogens is 1. The highest BCUT2D eigenvalue weighted by Gasteiger charge is 2.12. The first kappa shape index (κ1) is 14.0. The van der Waals surface area contributed by atoms with E-state index in [4.69, 9.17) is 15.5 Å². The summed E-state index contributed by atoms with van der Waals surface area (Å²) in [7, 11) is 1.69. The van der Waals surface area contributed by atoms with Gasteiger partial charge in [-0.05, 0) is 50.1 Å². The van der Waals surface area contributed by atoms with Crippen molar-refractivity contribution in [2.75, 3.05) is 13.7 Å². The Morgan fingerprint density at radius 2 is 2.16 bits per heavy atom. The maximum Gasteiger partial charge on any atom is 0.121 e. The van der Waals surface area contributed by atoms with Crippen LogP contribution in [0.25, 0.3) is 11.3 Å². The van der Waals surface area contributed by atoms with Gasteiger partial charge >= 0.3 is 0 Å². The van der Waals surface area contributed by atoms with E-state index in [1.807, 2.05) is 6.07 Å². The second-order valence-electron chi connectivity index (χ2n) is 4.46. The summed E-state index contributed by atoms with van der Waals surface area (Å²) in [6, 6.07) is 6.20. The molecule has 0 saturated carbocycles. The van der Waals surface area contributed by atoms with E-state index in [0.29, 0.717) is 6.54 Å². The summed E-state index contributed by atoms with van der Waals surface area (Å²) < 4.78 is 5.30. The summed E-state index contributed by atoms with van der Waals surface area (Å²) in [4.78, 5) is 6.02. The number of hydrogen-bond acceptors (Lipinski definition) is 4. The molecule has 0 amide bonds. The standard InChI is InChI=1S/C15H20N2OS/c1-4-14-17-15(13(19-14)7-8-16)11-5-6-12(18-3)10(2)9-11/h5-6,9H,4,7-8,16H2,1-3H3. The van der Waals surface area contributed by atoms with Gasteiger partial charge < -0.3 is 10.5 Å². The predicted octanol–water partition coefficient (Wildman–Crippen LogP) is 3.19. The van der Waals surface area contributed by atoms with E-state index in [2.05, 4.69) is 26.0 Å². The smallest absolute Gasteiger partial charge is 0.121 e. The number of methoxy groups -OCH3 is 1. The molecule has 1 aromatic heterocycles. The van der Waals surface area contributed by atoms with Crippen molar-refractivity contribution >= 4 is 11.3 Å². The maximum absolute atomic E-state index is 5.69. The Balaban J connectivity index is 2.45. The Hall–Kier alpha value is -1.39. The lowest BCUT2D eigenvalue weighted by Gasteiger charge is -2.07. The Morgan fingerprint density at radius 3 is 2.74 bits per heavy atom. The number of rotatable bonds is 5. The lowest BCUT2D eigenvalue weighted by atomic mass is 10.1. The molecule has 0 saturated heterocycles. The number of nitrogens with zero attached hydrogens (tertiary/aromatic N) is 1. The summed E-state index contributed by atoms with van der Waals surface area (Å²) in [5.74, 6) is 0.912. The highest BCUT2D eigenvalue weighted by molar-refractivity contribution is 7.12. The van der Waals surface area contributed by atoms with Gasteiger partial charge in [-0.15, -0.1) is 11.3 Å². The van der Waals surface area contributed by atoms with Gasteiger partial charge in [0.25, 0.3) is 0 Å². The first-order chi connectivity index (χ1) is 9.19. The van der Waals surface area contributed by atoms with Gasteiger partial charge in [-0.2, -0.15) is 0 Å². The fourth-order valence-corrected chi connectivity index (χ4v) is 3.15. The number of thiazole rings is 1. The molecule has 1 heterocycles. The zero-order valence-corrected chi connectivity index (χ0v) is 12.5. The van der Waals surface area contributed by atoms with Gasteiger partial charge in [0, 0.05) is 10.4 Å². The fourth-order valence-electron chi connectivity index (χ4n) is 2.10. The van der Waals surface area contributed by atoms with Gasteiger partial charge in [0.15, 0.2) is 0 Å². The van der Waals surface area contributed by atoms with E-state index in [1.165, 1.54) is 9.88 Å². The van der Waals surface area contributed by atoms with E-state index in [1.54, 1.807) is 18.4 Å². The number of nitrogens with two attached hydrogens (primary N) is 1. The molecule has 102 valence electrons. The highest BCUT2D eigenvalue weighted by Crippen LogP contribution is 2.31. The van der Waals surface area contributed by atoms with Crippen LogP contribution in [0.2, 0.25) is 0 Å². The molecule has 0 radical (unpaired) electrons. The average molecular weight is 276 g/mol. The maximum atomic E-state index is 5.69. The molecule has 19 heavy (non-hydrogen) atoms. The lowest BCUT2D eigenvalue weighted by molar-refractivity contribution is 0.412. The summed E-state index contributed by atoms with van der Waals surface area (Å²) in [5, 5.41) is 1.17. The molecule has 0 aliphatic rings. The molecular weight excluding hydrogens is 256 g/mol. The van der Waals surface area contributed by atoms with Crippen LogP contribution in [-0.4, -0.2) is 18.6 Å². The van der Waals surface area contributed by atoms with Crippen LogP contribution in [0, 0.1) is 6.92 Å². The Bertz CT molecular complexity index is 563. The molecule has 1 aromatic carbocycles. The van der Waals surface area contributed by atoms with Crippen molar-refractivity contribution < 1.29 is 4.74 Å². The summed E-state index contributed by atoms with van der Waals surface area (Å²) in [6.45, 7) is 4.85. The third-order valence-corrected chi connectivity index (χ3v) is 4.34. The van der Waals surface area contributed by atoms with E-state index >= 15 is 0 Å². The molecule has 3 nitrogen and oxygen atoms in total. The zero-order valence-electron chi connectivity index (χ0n) is 11.7. The molecular formula is C15H20N2OS. The monoisotopic (exact) mass is 276 g/mol. The zero-order chi connectivity index (χ0) is 13.8. The van der Waals surface area contributed by atoms with Gasteiger partial charge in [-0.1, -0.05) is 6.92 Å². The number of aryl methyl sites for hydroxylation is 2. The van der Waals surface area contributed by atoms with Crippen molar-refractivity contribution in [3.63, 3.8) is 0 Å². The number of benzene rings is 1. The molecule has 2 N–H and O–H groups in total. The number of hydrogen-bond donors (Lipinski definition) is 1. The molecule has 0 atom stereocenters. The molecule has 0 aliphatic carbocycles. The van der Waals surface area contributed by atoms with Crippen LogP contribution < -0.4 is 10.5 Å². The van der Waals surface area contributed by atoms with Crippen LogP contribution in [0.5, 0.6) is 5.75 Å². The van der Waals surface area contributed by atoms with Crippen LogP contribution in [0.1, 0.15) is 22.4 Å². The Morgan fingerprint density at radius 1 is 1.37 bits per heavy atom. The van der Waals surface area contributed by atoms with Crippen molar-refractivity contribution in [3.05, 3.63) is 33.6 Å². The predicted molar refractivity (Wildman–Crippen MR) is 81.0 cm³/mol. The molecule has 0 aliphatic heterocycles. The minimum atomic E-state index is 0.660. The SMILES string of the molecule is CCc1nc(-c2ccc(OC)c(C)c2)c(CCN)s1. The topological polar surface area (TPSA) is 48.1 Å². The van der Waals surface area contributed by atoms with E-state index in [-0.39, 0.29) is 0 Å². The molecule has 0 spiro atoms. The van der Waals surface area contributed by atoms with Crippen molar-refractivity contribution in [3.8, 4) is 17.0 Å². The Kier molecular flexibility index (Phi) is 4.56. The van der Waals surface area contributed by atoms with Gasteiger partial charge in [-0.3, -0.25) is 0 Å². The molecule has 0 unspecified atom stereocenters. The largest absolute Gasteiger partial charge is 0.496 e. The summed E-state index contributed by atoms with van der Waals surface area (Å²) in [5.41, 5.74) is 9.05. The second-order valence-corrected chi connectivity index (χ2v) is 5.62. The lowest BCUT2D eigenvalue weighted by Crippen LogP contribution is -2.02. The average Bonchev–Trinajstić information content (AvgIpc) is 2.82. The van der Waals surface area contributed by atoms with Crippen LogP contribution in [0.4, 0.5) is 0 Å². The molecule has 2 rings (SSSR count). The van der Waals surface area contributed by atoms with Crippen LogP contribution in [0.3, 0.4) is 0 Å². The van der Waals surface area contributed by atoms with Gasteiger partial charge in [0.05, 0.1) is 17.8 Å². The minimum absolute atomic E-state index is 0.660. The van der Waals surface area contributed by atoms with Gasteiger partial charge in [-0.25, -0.2) is 4.98 Å². The third-order valence-electron chi connectivity index (χ3n) is 3.08. The molecule has 4 heteroatoms. The van der Waals surface area contributed by atoms with Crippen molar-refractivity contribution in [1.82, 2.24) is 4.98 Å². The molecule has 0 bridgehead atoms. The van der Waals surface area contributed by atoms with Crippen molar-refractivity contribution in [1.29, 1.82) is 0 Å².